The Morgan fingerprint density at radius 3 is 2.89 bits per heavy atom. The zero-order valence-corrected chi connectivity index (χ0v) is 12.4. The maximum absolute atomic E-state index is 11.1. The van der Waals surface area contributed by atoms with Gasteiger partial charge in [0, 0.05) is 37.4 Å². The number of carbonyl (C=O) groups is 1. The van der Waals surface area contributed by atoms with E-state index in [4.69, 9.17) is 9.84 Å². The van der Waals surface area contributed by atoms with Crippen LogP contribution in [0.3, 0.4) is 0 Å². The van der Waals surface area contributed by atoms with Crippen LogP contribution in [0.25, 0.3) is 0 Å². The van der Waals surface area contributed by atoms with Crippen LogP contribution in [0.4, 0.5) is 5.82 Å². The molecule has 0 bridgehead atoms. The molecule has 0 saturated heterocycles. The van der Waals surface area contributed by atoms with E-state index < -0.39 is 11.6 Å². The van der Waals surface area contributed by atoms with Crippen LogP contribution >= 0.6 is 15.9 Å². The SMILES string of the molecule is COCCC(C)(O)CNc1ncc(Br)cc1C(=O)O. The lowest BCUT2D eigenvalue weighted by molar-refractivity contribution is 0.0356. The Morgan fingerprint density at radius 1 is 1.63 bits per heavy atom. The summed E-state index contributed by atoms with van der Waals surface area (Å²) in [6.45, 7) is 2.26. The standard InChI is InChI=1S/C12H17BrN2O4/c1-12(18,3-4-19-2)7-15-10-9(11(16)17)5-8(13)6-14-10/h5-6,18H,3-4,7H2,1-2H3,(H,14,15)(H,16,17). The summed E-state index contributed by atoms with van der Waals surface area (Å²) in [6.07, 6.45) is 1.94. The van der Waals surface area contributed by atoms with Gasteiger partial charge in [-0.15, -0.1) is 0 Å². The fourth-order valence-corrected chi connectivity index (χ4v) is 1.76. The molecule has 1 aromatic heterocycles. The third kappa shape index (κ3) is 5.14. The monoisotopic (exact) mass is 332 g/mol. The highest BCUT2D eigenvalue weighted by molar-refractivity contribution is 9.10. The number of hydrogen-bond donors (Lipinski definition) is 3. The van der Waals surface area contributed by atoms with Crippen molar-refractivity contribution in [3.8, 4) is 0 Å². The van der Waals surface area contributed by atoms with E-state index in [-0.39, 0.29) is 17.9 Å². The average Bonchev–Trinajstić information content (AvgIpc) is 2.35. The molecule has 0 aromatic carbocycles. The summed E-state index contributed by atoms with van der Waals surface area (Å²) < 4.78 is 5.49. The number of aliphatic hydroxyl groups is 1. The van der Waals surface area contributed by atoms with E-state index in [9.17, 15) is 9.90 Å². The molecule has 1 atom stereocenters. The van der Waals surface area contributed by atoms with Gasteiger partial charge in [-0.05, 0) is 28.9 Å². The van der Waals surface area contributed by atoms with Crippen molar-refractivity contribution in [2.24, 2.45) is 0 Å². The molecule has 0 saturated carbocycles. The lowest BCUT2D eigenvalue weighted by Gasteiger charge is -2.23. The molecule has 0 fully saturated rings. The number of aromatic carboxylic acids is 1. The van der Waals surface area contributed by atoms with Gasteiger partial charge in [-0.1, -0.05) is 0 Å². The van der Waals surface area contributed by atoms with Gasteiger partial charge in [-0.25, -0.2) is 9.78 Å². The number of nitrogens with zero attached hydrogens (tertiary/aromatic N) is 1. The third-order valence-corrected chi connectivity index (χ3v) is 3.00. The van der Waals surface area contributed by atoms with E-state index in [0.717, 1.165) is 0 Å². The van der Waals surface area contributed by atoms with Gasteiger partial charge in [0.15, 0.2) is 0 Å². The Kier molecular flexibility index (Phi) is 5.71. The van der Waals surface area contributed by atoms with Crippen molar-refractivity contribution in [2.45, 2.75) is 18.9 Å². The third-order valence-electron chi connectivity index (χ3n) is 2.57. The van der Waals surface area contributed by atoms with E-state index in [1.165, 1.54) is 12.3 Å². The number of halogens is 1. The van der Waals surface area contributed by atoms with Crippen LogP contribution in [-0.2, 0) is 4.74 Å². The molecule has 0 spiro atoms. The number of hydrogen-bond acceptors (Lipinski definition) is 5. The number of carboxylic acids is 1. The minimum Gasteiger partial charge on any atom is -0.478 e. The molecule has 1 unspecified atom stereocenters. The molecule has 3 N–H and O–H groups in total. The lowest BCUT2D eigenvalue weighted by Crippen LogP contribution is -2.35. The van der Waals surface area contributed by atoms with E-state index in [2.05, 4.69) is 26.2 Å². The predicted molar refractivity (Wildman–Crippen MR) is 74.5 cm³/mol. The summed E-state index contributed by atoms with van der Waals surface area (Å²) >= 11 is 3.17. The maximum Gasteiger partial charge on any atom is 0.339 e. The van der Waals surface area contributed by atoms with Gasteiger partial charge in [0.05, 0.1) is 5.60 Å². The number of nitrogens with one attached hydrogen (secondary N) is 1. The molecule has 7 heteroatoms. The molecule has 0 aliphatic carbocycles. The van der Waals surface area contributed by atoms with Crippen LogP contribution in [0.15, 0.2) is 16.7 Å². The summed E-state index contributed by atoms with van der Waals surface area (Å²) in [5.41, 5.74) is -0.947. The number of aromatic nitrogens is 1. The molecular formula is C12H17BrN2O4. The summed E-state index contributed by atoms with van der Waals surface area (Å²) in [6, 6.07) is 1.46. The van der Waals surface area contributed by atoms with Crippen molar-refractivity contribution in [1.82, 2.24) is 4.98 Å². The van der Waals surface area contributed by atoms with Crippen LogP contribution in [0.1, 0.15) is 23.7 Å². The van der Waals surface area contributed by atoms with Crippen molar-refractivity contribution < 1.29 is 19.7 Å². The summed E-state index contributed by atoms with van der Waals surface area (Å²) in [5.74, 6) is -0.846. The Hall–Kier alpha value is -1.18. The van der Waals surface area contributed by atoms with Crippen molar-refractivity contribution in [1.29, 1.82) is 0 Å². The van der Waals surface area contributed by atoms with Crippen LogP contribution < -0.4 is 5.32 Å². The topological polar surface area (TPSA) is 91.7 Å². The van der Waals surface area contributed by atoms with E-state index >= 15 is 0 Å². The largest absolute Gasteiger partial charge is 0.478 e. The van der Waals surface area contributed by atoms with Crippen molar-refractivity contribution in [3.05, 3.63) is 22.3 Å². The van der Waals surface area contributed by atoms with Crippen molar-refractivity contribution in [3.63, 3.8) is 0 Å². The Bertz CT molecular complexity index is 451. The molecule has 6 nitrogen and oxygen atoms in total. The number of anilines is 1. The summed E-state index contributed by atoms with van der Waals surface area (Å²) in [7, 11) is 1.56. The first-order valence-electron chi connectivity index (χ1n) is 5.70. The van der Waals surface area contributed by atoms with Gasteiger partial charge in [-0.3, -0.25) is 0 Å². The molecule has 1 rings (SSSR count). The molecule has 1 aromatic rings. The van der Waals surface area contributed by atoms with Crippen LogP contribution in [-0.4, -0.2) is 47.0 Å². The molecule has 0 radical (unpaired) electrons. The fraction of sp³-hybridized carbons (Fsp3) is 0.500. The maximum atomic E-state index is 11.1. The fourth-order valence-electron chi connectivity index (χ4n) is 1.43. The Balaban J connectivity index is 2.75. The number of methoxy groups -OCH3 is 1. The van der Waals surface area contributed by atoms with Crippen molar-refractivity contribution >= 4 is 27.7 Å². The second-order valence-corrected chi connectivity index (χ2v) is 5.36. The zero-order chi connectivity index (χ0) is 14.5. The number of ether oxygens (including phenoxy) is 1. The van der Waals surface area contributed by atoms with Crippen molar-refractivity contribution in [2.75, 3.05) is 25.6 Å². The van der Waals surface area contributed by atoms with Gasteiger partial charge >= 0.3 is 5.97 Å². The first kappa shape index (κ1) is 15.9. The van der Waals surface area contributed by atoms with E-state index in [0.29, 0.717) is 17.5 Å². The molecule has 0 aliphatic rings. The van der Waals surface area contributed by atoms with Gasteiger partial charge in [0.1, 0.15) is 11.4 Å². The minimum atomic E-state index is -1.08. The van der Waals surface area contributed by atoms with Gasteiger partial charge in [-0.2, -0.15) is 0 Å². The highest BCUT2D eigenvalue weighted by atomic mass is 79.9. The second-order valence-electron chi connectivity index (χ2n) is 4.45. The quantitative estimate of drug-likeness (QED) is 0.704. The van der Waals surface area contributed by atoms with E-state index in [1.54, 1.807) is 14.0 Å². The van der Waals surface area contributed by atoms with Crippen LogP contribution in [0, 0.1) is 0 Å². The van der Waals surface area contributed by atoms with E-state index in [1.807, 2.05) is 0 Å². The van der Waals surface area contributed by atoms with Gasteiger partial charge < -0.3 is 20.3 Å². The first-order valence-corrected chi connectivity index (χ1v) is 6.49. The zero-order valence-electron chi connectivity index (χ0n) is 10.8. The number of rotatable bonds is 7. The Morgan fingerprint density at radius 2 is 2.32 bits per heavy atom. The average molecular weight is 333 g/mol. The second kappa shape index (κ2) is 6.83. The summed E-state index contributed by atoms with van der Waals surface area (Å²) in [4.78, 5) is 15.1. The lowest BCUT2D eigenvalue weighted by atomic mass is 10.0. The number of pyridine rings is 1. The highest BCUT2D eigenvalue weighted by Gasteiger charge is 2.21. The smallest absolute Gasteiger partial charge is 0.339 e. The van der Waals surface area contributed by atoms with Gasteiger partial charge in [0.2, 0.25) is 0 Å². The molecule has 1 heterocycles. The molecule has 106 valence electrons. The van der Waals surface area contributed by atoms with Gasteiger partial charge in [0.25, 0.3) is 0 Å². The van der Waals surface area contributed by atoms with Crippen LogP contribution in [0.5, 0.6) is 0 Å². The molecule has 0 aliphatic heterocycles. The normalized spacial score (nSPS) is 13.9. The summed E-state index contributed by atoms with van der Waals surface area (Å²) in [5, 5.41) is 22.0. The Labute approximate surface area is 119 Å². The van der Waals surface area contributed by atoms with Crippen LogP contribution in [0.2, 0.25) is 0 Å². The number of carboxylic acid groups (broad SMARTS) is 1. The minimum absolute atomic E-state index is 0.0527. The molecule has 0 amide bonds. The molecule has 19 heavy (non-hydrogen) atoms. The highest BCUT2D eigenvalue weighted by Crippen LogP contribution is 2.19. The molecular weight excluding hydrogens is 316 g/mol. The predicted octanol–water partition coefficient (Wildman–Crippen LogP) is 1.74. The first-order chi connectivity index (χ1) is 8.85.